The normalized spacial score (nSPS) is 18.7. The van der Waals surface area contributed by atoms with Gasteiger partial charge in [-0.05, 0) is 59.9 Å². The molecule has 0 aromatic heterocycles. The van der Waals surface area contributed by atoms with E-state index >= 15 is 0 Å². The smallest absolute Gasteiger partial charge is 0.427 e. The molecule has 0 N–H and O–H groups in total. The quantitative estimate of drug-likeness (QED) is 0.103. The van der Waals surface area contributed by atoms with Crippen LogP contribution in [0, 0.1) is 5.92 Å². The average Bonchev–Trinajstić information content (AvgIpc) is 3.05. The van der Waals surface area contributed by atoms with Crippen LogP contribution >= 0.6 is 0 Å². The second kappa shape index (κ2) is 16.9. The van der Waals surface area contributed by atoms with Crippen LogP contribution in [0.5, 0.6) is 0 Å². The first-order chi connectivity index (χ1) is 22.8. The second-order valence-electron chi connectivity index (χ2n) is 13.0. The van der Waals surface area contributed by atoms with Crippen molar-refractivity contribution in [1.82, 2.24) is 5.06 Å². The predicted octanol–water partition coefficient (Wildman–Crippen LogP) is 7.69. The molecule has 1 saturated heterocycles. The monoisotopic (exact) mass is 641 g/mol. The zero-order valence-corrected chi connectivity index (χ0v) is 27.9. The van der Waals surface area contributed by atoms with Gasteiger partial charge in [-0.25, -0.2) is 4.79 Å². The third-order valence-corrected chi connectivity index (χ3v) is 8.10. The molecule has 0 bridgehead atoms. The molecular weight excluding hydrogens is 594 g/mol. The number of piperidine rings is 1. The Morgan fingerprint density at radius 3 is 2.06 bits per heavy atom. The molecule has 0 saturated carbocycles. The highest BCUT2D eigenvalue weighted by Gasteiger charge is 2.40. The van der Waals surface area contributed by atoms with Gasteiger partial charge in [0.25, 0.3) is 0 Å². The Morgan fingerprint density at radius 1 is 0.745 bits per heavy atom. The molecule has 1 heterocycles. The summed E-state index contributed by atoms with van der Waals surface area (Å²) >= 11 is 0. The molecule has 0 aliphatic carbocycles. The van der Waals surface area contributed by atoms with Crippen LogP contribution < -0.4 is 0 Å². The van der Waals surface area contributed by atoms with E-state index in [1.54, 1.807) is 12.2 Å². The molecule has 1 aliphatic rings. The lowest BCUT2D eigenvalue weighted by Gasteiger charge is -2.42. The van der Waals surface area contributed by atoms with Gasteiger partial charge in [0, 0.05) is 25.5 Å². The number of hydroxylamine groups is 2. The number of rotatable bonds is 14. The maximum atomic E-state index is 12.6. The SMILES string of the molecule is COCC1CN(OC(=O)OC(C)(C)C)CC(OCc2ccc3ccccc3c2)C1c1ccc(COCCOCc2ccccc2)cc1. The van der Waals surface area contributed by atoms with Gasteiger partial charge in [0.05, 0.1) is 52.3 Å². The fourth-order valence-corrected chi connectivity index (χ4v) is 5.97. The molecule has 3 atom stereocenters. The highest BCUT2D eigenvalue weighted by molar-refractivity contribution is 5.82. The summed E-state index contributed by atoms with van der Waals surface area (Å²) in [6.07, 6.45) is -1.00. The van der Waals surface area contributed by atoms with E-state index in [1.165, 1.54) is 10.8 Å². The minimum Gasteiger partial charge on any atom is -0.427 e. The molecule has 4 aromatic rings. The topological polar surface area (TPSA) is 75.7 Å². The van der Waals surface area contributed by atoms with Gasteiger partial charge in [-0.1, -0.05) is 91.0 Å². The van der Waals surface area contributed by atoms with E-state index in [1.807, 2.05) is 51.1 Å². The molecule has 8 heteroatoms. The van der Waals surface area contributed by atoms with Crippen molar-refractivity contribution in [2.45, 2.75) is 58.2 Å². The molecule has 250 valence electrons. The van der Waals surface area contributed by atoms with Gasteiger partial charge in [-0.3, -0.25) is 0 Å². The minimum absolute atomic E-state index is 0.00153. The third-order valence-electron chi connectivity index (χ3n) is 8.10. The standard InChI is InChI=1S/C39H47NO7/c1-39(2,3)46-38(41)47-40-23-35(28-42-4)37(36(24-40)45-27-31-16-17-32-12-8-9-13-34(32)22-31)33-18-14-30(15-19-33)26-44-21-20-43-25-29-10-6-5-7-11-29/h5-19,22,35-37H,20-21,23-28H2,1-4H3. The number of nitrogens with zero attached hydrogens (tertiary/aromatic N) is 1. The highest BCUT2D eigenvalue weighted by Crippen LogP contribution is 2.36. The molecule has 3 unspecified atom stereocenters. The Kier molecular flexibility index (Phi) is 12.4. The van der Waals surface area contributed by atoms with E-state index in [4.69, 9.17) is 28.5 Å². The first kappa shape index (κ1) is 34.5. The summed E-state index contributed by atoms with van der Waals surface area (Å²) in [4.78, 5) is 18.3. The van der Waals surface area contributed by atoms with Crippen molar-refractivity contribution in [3.05, 3.63) is 119 Å². The van der Waals surface area contributed by atoms with Crippen molar-refractivity contribution in [3.63, 3.8) is 0 Å². The number of carbonyl (C=O) groups is 1. The second-order valence-corrected chi connectivity index (χ2v) is 13.0. The summed E-state index contributed by atoms with van der Waals surface area (Å²) in [5.41, 5.74) is 3.79. The van der Waals surface area contributed by atoms with Crippen LogP contribution in [-0.2, 0) is 48.3 Å². The summed E-state index contributed by atoms with van der Waals surface area (Å²) in [5.74, 6) is 0.0110. The Hall–Kier alpha value is -3.79. The van der Waals surface area contributed by atoms with Gasteiger partial charge in [0.15, 0.2) is 0 Å². The lowest BCUT2D eigenvalue weighted by molar-refractivity contribution is -0.195. The largest absolute Gasteiger partial charge is 0.528 e. The lowest BCUT2D eigenvalue weighted by Crippen LogP contribution is -2.51. The lowest BCUT2D eigenvalue weighted by atomic mass is 9.79. The molecule has 4 aromatic carbocycles. The number of carbonyl (C=O) groups excluding carboxylic acids is 1. The summed E-state index contributed by atoms with van der Waals surface area (Å²) in [5, 5.41) is 4.01. The average molecular weight is 642 g/mol. The molecule has 1 aliphatic heterocycles. The van der Waals surface area contributed by atoms with E-state index in [-0.39, 0.29) is 17.9 Å². The zero-order valence-electron chi connectivity index (χ0n) is 27.9. The van der Waals surface area contributed by atoms with Crippen LogP contribution in [0.3, 0.4) is 0 Å². The van der Waals surface area contributed by atoms with Crippen molar-refractivity contribution in [2.75, 3.05) is 40.0 Å². The number of hydrogen-bond acceptors (Lipinski definition) is 8. The highest BCUT2D eigenvalue weighted by atomic mass is 16.8. The van der Waals surface area contributed by atoms with Crippen LogP contribution in [0.1, 0.15) is 48.9 Å². The van der Waals surface area contributed by atoms with Crippen LogP contribution in [-0.4, -0.2) is 62.9 Å². The third kappa shape index (κ3) is 10.6. The molecule has 47 heavy (non-hydrogen) atoms. The number of benzene rings is 4. The van der Waals surface area contributed by atoms with Crippen LogP contribution in [0.2, 0.25) is 0 Å². The van der Waals surface area contributed by atoms with Gasteiger partial charge in [-0.2, -0.15) is 0 Å². The predicted molar refractivity (Wildman–Crippen MR) is 182 cm³/mol. The number of methoxy groups -OCH3 is 1. The van der Waals surface area contributed by atoms with Crippen molar-refractivity contribution < 1.29 is 33.3 Å². The van der Waals surface area contributed by atoms with E-state index in [0.717, 1.165) is 22.3 Å². The van der Waals surface area contributed by atoms with E-state index < -0.39 is 11.8 Å². The number of ether oxygens (including phenoxy) is 5. The van der Waals surface area contributed by atoms with Gasteiger partial charge in [0.2, 0.25) is 0 Å². The maximum Gasteiger partial charge on any atom is 0.528 e. The first-order valence-corrected chi connectivity index (χ1v) is 16.3. The van der Waals surface area contributed by atoms with E-state index in [0.29, 0.717) is 52.7 Å². The van der Waals surface area contributed by atoms with Crippen molar-refractivity contribution in [2.24, 2.45) is 5.92 Å². The van der Waals surface area contributed by atoms with Gasteiger partial charge in [-0.15, -0.1) is 5.06 Å². The Bertz CT molecular complexity index is 1540. The Labute approximate surface area is 278 Å². The zero-order chi connectivity index (χ0) is 33.1. The van der Waals surface area contributed by atoms with Crippen molar-refractivity contribution in [1.29, 1.82) is 0 Å². The van der Waals surface area contributed by atoms with Crippen LogP contribution in [0.15, 0.2) is 97.1 Å². The van der Waals surface area contributed by atoms with E-state index in [9.17, 15) is 4.79 Å². The van der Waals surface area contributed by atoms with Crippen LogP contribution in [0.4, 0.5) is 4.79 Å². The fourth-order valence-electron chi connectivity index (χ4n) is 5.97. The number of fused-ring (bicyclic) bond motifs is 1. The molecular formula is C39H47NO7. The molecule has 0 amide bonds. The minimum atomic E-state index is -0.727. The fraction of sp³-hybridized carbons (Fsp3) is 0.410. The molecule has 0 spiro atoms. The summed E-state index contributed by atoms with van der Waals surface area (Å²) in [6.45, 7) is 9.36. The molecule has 5 rings (SSSR count). The molecule has 1 fully saturated rings. The Morgan fingerprint density at radius 2 is 1.38 bits per heavy atom. The van der Waals surface area contributed by atoms with Crippen LogP contribution in [0.25, 0.3) is 10.8 Å². The Balaban J connectivity index is 1.25. The summed E-state index contributed by atoms with van der Waals surface area (Å²) in [7, 11) is 1.69. The summed E-state index contributed by atoms with van der Waals surface area (Å²) < 4.78 is 29.4. The maximum absolute atomic E-state index is 12.6. The number of hydrogen-bond donors (Lipinski definition) is 0. The first-order valence-electron chi connectivity index (χ1n) is 16.3. The van der Waals surface area contributed by atoms with E-state index in [2.05, 4.69) is 66.7 Å². The van der Waals surface area contributed by atoms with Crippen molar-refractivity contribution in [3.8, 4) is 0 Å². The molecule has 8 nitrogen and oxygen atoms in total. The van der Waals surface area contributed by atoms with Gasteiger partial charge in [0.1, 0.15) is 5.60 Å². The van der Waals surface area contributed by atoms with Gasteiger partial charge >= 0.3 is 6.16 Å². The summed E-state index contributed by atoms with van der Waals surface area (Å²) in [6, 6.07) is 33.3. The van der Waals surface area contributed by atoms with Crippen molar-refractivity contribution >= 4 is 16.9 Å². The molecule has 0 radical (unpaired) electrons. The van der Waals surface area contributed by atoms with Gasteiger partial charge < -0.3 is 28.5 Å².